The molecule has 0 saturated carbocycles. The number of benzene rings is 2. The Hall–Kier alpha value is -3.23. The zero-order chi connectivity index (χ0) is 23.8. The molecule has 1 atom stereocenters. The van der Waals surface area contributed by atoms with Gasteiger partial charge in [-0.05, 0) is 47.2 Å². The van der Waals surface area contributed by atoms with Crippen molar-refractivity contribution in [2.24, 2.45) is 0 Å². The number of methoxy groups -OCH3 is 1. The zero-order valence-corrected chi connectivity index (χ0v) is 19.8. The van der Waals surface area contributed by atoms with Crippen molar-refractivity contribution in [2.45, 2.75) is 43.7 Å². The van der Waals surface area contributed by atoms with E-state index in [9.17, 15) is 13.2 Å². The van der Waals surface area contributed by atoms with Gasteiger partial charge in [0.05, 0.1) is 7.11 Å². The Morgan fingerprint density at radius 3 is 2.39 bits per heavy atom. The first-order chi connectivity index (χ1) is 15.8. The number of nitrogens with zero attached hydrogens (tertiary/aromatic N) is 1. The van der Waals surface area contributed by atoms with Gasteiger partial charge in [0.15, 0.2) is 0 Å². The molecule has 1 aromatic heterocycles. The fourth-order valence-corrected chi connectivity index (χ4v) is 4.77. The number of aromatic nitrogens is 1. The third-order valence-corrected chi connectivity index (χ3v) is 6.72. The van der Waals surface area contributed by atoms with Crippen LogP contribution in [0.15, 0.2) is 78.0 Å². The van der Waals surface area contributed by atoms with Crippen molar-refractivity contribution in [3.8, 4) is 5.75 Å². The lowest BCUT2D eigenvalue weighted by atomic mass is 10.0. The second-order valence-corrected chi connectivity index (χ2v) is 9.69. The van der Waals surface area contributed by atoms with Gasteiger partial charge in [-0.25, -0.2) is 8.42 Å². The molecule has 0 fully saturated rings. The lowest BCUT2D eigenvalue weighted by molar-refractivity contribution is -0.122. The van der Waals surface area contributed by atoms with Crippen molar-refractivity contribution >= 4 is 15.9 Å². The number of nitrogens with one attached hydrogen (secondary N) is 2. The van der Waals surface area contributed by atoms with Crippen LogP contribution in [0.1, 0.15) is 36.5 Å². The molecular weight excluding hydrogens is 438 g/mol. The molecule has 0 spiro atoms. The Morgan fingerprint density at radius 2 is 1.76 bits per heavy atom. The van der Waals surface area contributed by atoms with E-state index in [4.69, 9.17) is 4.74 Å². The molecule has 0 saturated heterocycles. The molecule has 3 aromatic rings. The topological polar surface area (TPSA) is 97.4 Å². The van der Waals surface area contributed by atoms with E-state index in [1.807, 2.05) is 56.3 Å². The van der Waals surface area contributed by atoms with E-state index in [-0.39, 0.29) is 29.5 Å². The smallest absolute Gasteiger partial charge is 0.245 e. The number of amides is 1. The van der Waals surface area contributed by atoms with Gasteiger partial charge in [0, 0.05) is 18.9 Å². The Balaban J connectivity index is 1.88. The number of sulfonamides is 1. The molecule has 0 aliphatic carbocycles. The van der Waals surface area contributed by atoms with Crippen LogP contribution in [-0.2, 0) is 27.8 Å². The Labute approximate surface area is 195 Å². The predicted molar refractivity (Wildman–Crippen MR) is 127 cm³/mol. The summed E-state index contributed by atoms with van der Waals surface area (Å²) in [5.74, 6) is -0.0702. The van der Waals surface area contributed by atoms with Crippen molar-refractivity contribution in [3.63, 3.8) is 0 Å². The number of hydrogen-bond donors (Lipinski definition) is 2. The van der Waals surface area contributed by atoms with E-state index in [1.54, 1.807) is 30.6 Å². The molecule has 1 unspecified atom stereocenters. The SMILES string of the molecule is COc1ccc(C(C)C)cc1S(=O)(=O)NC(Cc1ccccc1)C(=O)NCc1cccnc1. The molecule has 7 nitrogen and oxygen atoms in total. The molecule has 0 radical (unpaired) electrons. The normalized spacial score (nSPS) is 12.4. The standard InChI is InChI=1S/C25H29N3O4S/c1-18(2)21-11-12-23(32-3)24(15-21)33(30,31)28-22(14-19-8-5-4-6-9-19)25(29)27-17-20-10-7-13-26-16-20/h4-13,15-16,18,22,28H,14,17H2,1-3H3,(H,27,29). The summed E-state index contributed by atoms with van der Waals surface area (Å²) in [7, 11) is -2.63. The van der Waals surface area contributed by atoms with E-state index in [2.05, 4.69) is 15.0 Å². The summed E-state index contributed by atoms with van der Waals surface area (Å²) < 4.78 is 34.7. The molecule has 174 valence electrons. The molecule has 33 heavy (non-hydrogen) atoms. The summed E-state index contributed by atoms with van der Waals surface area (Å²) >= 11 is 0. The molecule has 0 aliphatic heterocycles. The number of ether oxygens (including phenoxy) is 1. The molecule has 1 heterocycles. The molecule has 3 rings (SSSR count). The summed E-state index contributed by atoms with van der Waals surface area (Å²) in [4.78, 5) is 17.1. The van der Waals surface area contributed by atoms with Crippen LogP contribution < -0.4 is 14.8 Å². The summed E-state index contributed by atoms with van der Waals surface area (Å²) in [5.41, 5.74) is 2.51. The van der Waals surface area contributed by atoms with Crippen molar-refractivity contribution in [2.75, 3.05) is 7.11 Å². The van der Waals surface area contributed by atoms with E-state index >= 15 is 0 Å². The van der Waals surface area contributed by atoms with Crippen LogP contribution in [0.3, 0.4) is 0 Å². The minimum Gasteiger partial charge on any atom is -0.495 e. The van der Waals surface area contributed by atoms with Crippen LogP contribution in [0.25, 0.3) is 0 Å². The van der Waals surface area contributed by atoms with Gasteiger partial charge in [0.25, 0.3) is 0 Å². The van der Waals surface area contributed by atoms with Gasteiger partial charge < -0.3 is 10.1 Å². The fraction of sp³-hybridized carbons (Fsp3) is 0.280. The average Bonchev–Trinajstić information content (AvgIpc) is 2.82. The Bertz CT molecular complexity index is 1170. The fourth-order valence-electron chi connectivity index (χ4n) is 3.37. The number of hydrogen-bond acceptors (Lipinski definition) is 5. The number of pyridine rings is 1. The van der Waals surface area contributed by atoms with Crippen molar-refractivity contribution in [1.29, 1.82) is 0 Å². The van der Waals surface area contributed by atoms with Gasteiger partial charge in [-0.2, -0.15) is 4.72 Å². The first-order valence-corrected chi connectivity index (χ1v) is 12.2. The van der Waals surface area contributed by atoms with Crippen LogP contribution in [-0.4, -0.2) is 32.5 Å². The number of rotatable bonds is 10. The summed E-state index contributed by atoms with van der Waals surface area (Å²) in [5, 5.41) is 2.81. The van der Waals surface area contributed by atoms with Gasteiger partial charge in [-0.1, -0.05) is 56.3 Å². The molecule has 2 aromatic carbocycles. The molecule has 8 heteroatoms. The largest absolute Gasteiger partial charge is 0.495 e. The van der Waals surface area contributed by atoms with Gasteiger partial charge in [-0.3, -0.25) is 9.78 Å². The highest BCUT2D eigenvalue weighted by Crippen LogP contribution is 2.28. The van der Waals surface area contributed by atoms with Gasteiger partial charge >= 0.3 is 0 Å². The maximum atomic E-state index is 13.4. The summed E-state index contributed by atoms with van der Waals surface area (Å²) in [6.45, 7) is 4.21. The summed E-state index contributed by atoms with van der Waals surface area (Å²) in [6, 6.07) is 17.0. The first-order valence-electron chi connectivity index (χ1n) is 10.7. The van der Waals surface area contributed by atoms with E-state index < -0.39 is 22.0 Å². The number of carbonyl (C=O) groups is 1. The maximum absolute atomic E-state index is 13.4. The average molecular weight is 468 g/mol. The molecule has 1 amide bonds. The lowest BCUT2D eigenvalue weighted by Crippen LogP contribution is -2.47. The minimum absolute atomic E-state index is 0.00863. The van der Waals surface area contributed by atoms with Gasteiger partial charge in [0.1, 0.15) is 16.7 Å². The van der Waals surface area contributed by atoms with Crippen LogP contribution in [0.4, 0.5) is 0 Å². The van der Waals surface area contributed by atoms with Crippen LogP contribution in [0.5, 0.6) is 5.75 Å². The van der Waals surface area contributed by atoms with Crippen molar-refractivity contribution in [1.82, 2.24) is 15.0 Å². The van der Waals surface area contributed by atoms with Gasteiger partial charge in [0.2, 0.25) is 15.9 Å². The highest BCUT2D eigenvalue weighted by molar-refractivity contribution is 7.89. The summed E-state index contributed by atoms with van der Waals surface area (Å²) in [6.07, 6.45) is 3.50. The maximum Gasteiger partial charge on any atom is 0.245 e. The van der Waals surface area contributed by atoms with Crippen molar-refractivity contribution < 1.29 is 17.9 Å². The molecule has 2 N–H and O–H groups in total. The van der Waals surface area contributed by atoms with Crippen molar-refractivity contribution in [3.05, 3.63) is 89.7 Å². The predicted octanol–water partition coefficient (Wildman–Crippen LogP) is 3.42. The highest BCUT2D eigenvalue weighted by Gasteiger charge is 2.28. The van der Waals surface area contributed by atoms with Crippen LogP contribution in [0, 0.1) is 0 Å². The van der Waals surface area contributed by atoms with E-state index in [1.165, 1.54) is 7.11 Å². The highest BCUT2D eigenvalue weighted by atomic mass is 32.2. The van der Waals surface area contributed by atoms with Gasteiger partial charge in [-0.15, -0.1) is 0 Å². The van der Waals surface area contributed by atoms with E-state index in [0.29, 0.717) is 0 Å². The number of carbonyl (C=O) groups excluding carboxylic acids is 1. The first kappa shape index (κ1) is 24.4. The lowest BCUT2D eigenvalue weighted by Gasteiger charge is -2.20. The minimum atomic E-state index is -4.05. The molecule has 0 bridgehead atoms. The second kappa shape index (κ2) is 11.1. The third-order valence-electron chi connectivity index (χ3n) is 5.23. The van der Waals surface area contributed by atoms with Crippen LogP contribution in [0.2, 0.25) is 0 Å². The Morgan fingerprint density at radius 1 is 1.03 bits per heavy atom. The Kier molecular flexibility index (Phi) is 8.19. The monoisotopic (exact) mass is 467 g/mol. The van der Waals surface area contributed by atoms with E-state index in [0.717, 1.165) is 16.7 Å². The quantitative estimate of drug-likeness (QED) is 0.476. The zero-order valence-electron chi connectivity index (χ0n) is 19.0. The third kappa shape index (κ3) is 6.63. The van der Waals surface area contributed by atoms with Crippen LogP contribution >= 0.6 is 0 Å². The second-order valence-electron chi connectivity index (χ2n) is 8.01. The molecule has 0 aliphatic rings. The molecular formula is C25H29N3O4S.